The van der Waals surface area contributed by atoms with Gasteiger partial charge >= 0.3 is 0 Å². The highest BCUT2D eigenvalue weighted by molar-refractivity contribution is 8.00. The van der Waals surface area contributed by atoms with E-state index < -0.39 is 0 Å². The molecule has 0 amide bonds. The normalized spacial score (nSPS) is 10.9. The SMILES string of the molecule is c1ccc(-c2nnc(CSc3nnc(NCc4ccco4)s3)o2)cc1. The van der Waals surface area contributed by atoms with Crippen LogP contribution in [0, 0.1) is 0 Å². The Bertz CT molecular complexity index is 921. The fourth-order valence-electron chi connectivity index (χ4n) is 2.05. The zero-order chi connectivity index (χ0) is 16.9. The van der Waals surface area contributed by atoms with Crippen LogP contribution in [-0.4, -0.2) is 20.4 Å². The van der Waals surface area contributed by atoms with Crippen LogP contribution in [0.25, 0.3) is 11.5 Å². The van der Waals surface area contributed by atoms with E-state index in [0.29, 0.717) is 24.1 Å². The van der Waals surface area contributed by atoms with Crippen molar-refractivity contribution in [2.24, 2.45) is 0 Å². The highest BCUT2D eigenvalue weighted by atomic mass is 32.2. The molecule has 0 bridgehead atoms. The van der Waals surface area contributed by atoms with Crippen LogP contribution in [0.5, 0.6) is 0 Å². The molecule has 3 aromatic heterocycles. The molecule has 0 saturated carbocycles. The van der Waals surface area contributed by atoms with E-state index in [2.05, 4.69) is 25.7 Å². The van der Waals surface area contributed by atoms with Crippen molar-refractivity contribution in [3.63, 3.8) is 0 Å². The average molecular weight is 371 g/mol. The predicted octanol–water partition coefficient (Wildman–Crippen LogP) is 4.09. The molecule has 9 heteroatoms. The van der Waals surface area contributed by atoms with Crippen molar-refractivity contribution < 1.29 is 8.83 Å². The lowest BCUT2D eigenvalue weighted by atomic mass is 10.2. The average Bonchev–Trinajstić information content (AvgIpc) is 3.40. The fraction of sp³-hybridized carbons (Fsp3) is 0.125. The van der Waals surface area contributed by atoms with Gasteiger partial charge in [0.2, 0.25) is 16.9 Å². The van der Waals surface area contributed by atoms with Crippen LogP contribution in [0.3, 0.4) is 0 Å². The monoisotopic (exact) mass is 371 g/mol. The largest absolute Gasteiger partial charge is 0.467 e. The summed E-state index contributed by atoms with van der Waals surface area (Å²) in [6.45, 7) is 0.580. The van der Waals surface area contributed by atoms with Gasteiger partial charge in [-0.15, -0.1) is 20.4 Å². The number of hydrogen-bond acceptors (Lipinski definition) is 9. The molecular weight excluding hydrogens is 358 g/mol. The van der Waals surface area contributed by atoms with Crippen molar-refractivity contribution in [2.45, 2.75) is 16.6 Å². The number of hydrogen-bond donors (Lipinski definition) is 1. The van der Waals surface area contributed by atoms with Crippen molar-refractivity contribution >= 4 is 28.2 Å². The molecule has 1 N–H and O–H groups in total. The molecule has 0 aliphatic rings. The second-order valence-corrected chi connectivity index (χ2v) is 7.16. The van der Waals surface area contributed by atoms with Gasteiger partial charge in [0, 0.05) is 5.56 Å². The first-order chi connectivity index (χ1) is 12.4. The zero-order valence-corrected chi connectivity index (χ0v) is 14.6. The number of aromatic nitrogens is 4. The minimum Gasteiger partial charge on any atom is -0.467 e. The van der Waals surface area contributed by atoms with Gasteiger partial charge in [0.05, 0.1) is 18.6 Å². The van der Waals surface area contributed by atoms with E-state index in [-0.39, 0.29) is 0 Å². The van der Waals surface area contributed by atoms with E-state index in [1.54, 1.807) is 6.26 Å². The van der Waals surface area contributed by atoms with Crippen molar-refractivity contribution in [3.8, 4) is 11.5 Å². The molecule has 126 valence electrons. The second kappa shape index (κ2) is 7.49. The second-order valence-electron chi connectivity index (χ2n) is 4.96. The molecule has 0 fully saturated rings. The molecule has 0 radical (unpaired) electrons. The topological polar surface area (TPSA) is 89.9 Å². The molecular formula is C16H13N5O2S2. The lowest BCUT2D eigenvalue weighted by Gasteiger charge is -1.96. The van der Waals surface area contributed by atoms with Crippen LogP contribution < -0.4 is 5.32 Å². The lowest BCUT2D eigenvalue weighted by Crippen LogP contribution is -1.96. The Labute approximate surface area is 151 Å². The van der Waals surface area contributed by atoms with E-state index in [4.69, 9.17) is 8.83 Å². The molecule has 0 saturated heterocycles. The zero-order valence-electron chi connectivity index (χ0n) is 13.0. The Kier molecular flexibility index (Phi) is 4.75. The van der Waals surface area contributed by atoms with Gasteiger partial charge in [0.1, 0.15) is 5.76 Å². The molecule has 3 heterocycles. The summed E-state index contributed by atoms with van der Waals surface area (Å²) in [5, 5.41) is 20.3. The Morgan fingerprint density at radius 3 is 2.76 bits per heavy atom. The van der Waals surface area contributed by atoms with E-state index >= 15 is 0 Å². The summed E-state index contributed by atoms with van der Waals surface area (Å²) in [7, 11) is 0. The van der Waals surface area contributed by atoms with Gasteiger partial charge in [-0.3, -0.25) is 0 Å². The molecule has 4 aromatic rings. The minimum absolute atomic E-state index is 0.522. The maximum absolute atomic E-state index is 5.68. The van der Waals surface area contributed by atoms with E-state index in [0.717, 1.165) is 20.8 Å². The number of nitrogens with one attached hydrogen (secondary N) is 1. The Morgan fingerprint density at radius 2 is 1.92 bits per heavy atom. The first-order valence-corrected chi connectivity index (χ1v) is 9.27. The molecule has 0 aliphatic carbocycles. The Hall–Kier alpha value is -2.65. The summed E-state index contributed by atoms with van der Waals surface area (Å²) in [5.41, 5.74) is 0.909. The number of thioether (sulfide) groups is 1. The molecule has 0 unspecified atom stereocenters. The highest BCUT2D eigenvalue weighted by Crippen LogP contribution is 2.29. The van der Waals surface area contributed by atoms with Gasteiger partial charge in [-0.25, -0.2) is 0 Å². The van der Waals surface area contributed by atoms with Crippen LogP contribution in [0.1, 0.15) is 11.7 Å². The van der Waals surface area contributed by atoms with Crippen molar-refractivity contribution in [2.75, 3.05) is 5.32 Å². The number of nitrogens with zero attached hydrogens (tertiary/aromatic N) is 4. The van der Waals surface area contributed by atoms with Gasteiger partial charge in [0.25, 0.3) is 0 Å². The maximum atomic E-state index is 5.68. The number of furan rings is 1. The van der Waals surface area contributed by atoms with Crippen molar-refractivity contribution in [3.05, 3.63) is 60.4 Å². The highest BCUT2D eigenvalue weighted by Gasteiger charge is 2.11. The summed E-state index contributed by atoms with van der Waals surface area (Å²) in [5.74, 6) is 2.48. The summed E-state index contributed by atoms with van der Waals surface area (Å²) in [6.07, 6.45) is 1.65. The Balaban J connectivity index is 1.32. The van der Waals surface area contributed by atoms with Crippen molar-refractivity contribution in [1.29, 1.82) is 0 Å². The molecule has 1 aromatic carbocycles. The summed E-state index contributed by atoms with van der Waals surface area (Å²) >= 11 is 2.99. The smallest absolute Gasteiger partial charge is 0.247 e. The molecule has 25 heavy (non-hydrogen) atoms. The standard InChI is InChI=1S/C16H13N5O2S2/c1-2-5-11(6-3-1)14-19-18-13(23-14)10-24-16-21-20-15(25-16)17-9-12-7-4-8-22-12/h1-8H,9-10H2,(H,17,20). The minimum atomic E-state index is 0.522. The van der Waals surface area contributed by atoms with E-state index in [1.165, 1.54) is 23.1 Å². The third-order valence-electron chi connectivity index (χ3n) is 3.21. The number of rotatable bonds is 7. The van der Waals surface area contributed by atoms with Gasteiger partial charge in [-0.05, 0) is 24.3 Å². The predicted molar refractivity (Wildman–Crippen MR) is 95.2 cm³/mol. The fourth-order valence-corrected chi connectivity index (χ4v) is 3.63. The maximum Gasteiger partial charge on any atom is 0.247 e. The molecule has 7 nitrogen and oxygen atoms in total. The van der Waals surface area contributed by atoms with Crippen LogP contribution in [0.15, 0.2) is 61.9 Å². The molecule has 0 aliphatic heterocycles. The molecule has 0 spiro atoms. The molecule has 4 rings (SSSR count). The van der Waals surface area contributed by atoms with Crippen molar-refractivity contribution in [1.82, 2.24) is 20.4 Å². The lowest BCUT2D eigenvalue weighted by molar-refractivity contribution is 0.518. The molecule has 0 atom stereocenters. The first-order valence-electron chi connectivity index (χ1n) is 7.47. The summed E-state index contributed by atoms with van der Waals surface area (Å²) in [4.78, 5) is 0. The quantitative estimate of drug-likeness (QED) is 0.486. The summed E-state index contributed by atoms with van der Waals surface area (Å²) in [6, 6.07) is 13.5. The van der Waals surface area contributed by atoms with Crippen LogP contribution in [0.2, 0.25) is 0 Å². The summed E-state index contributed by atoms with van der Waals surface area (Å²) < 4.78 is 11.8. The van der Waals surface area contributed by atoms with Gasteiger partial charge < -0.3 is 14.2 Å². The first kappa shape index (κ1) is 15.9. The van der Waals surface area contributed by atoms with Crippen LogP contribution >= 0.6 is 23.1 Å². The van der Waals surface area contributed by atoms with E-state index in [1.807, 2.05) is 42.5 Å². The van der Waals surface area contributed by atoms with Gasteiger partial charge in [0.15, 0.2) is 4.34 Å². The third-order valence-corrected chi connectivity index (χ3v) is 5.21. The number of anilines is 1. The van der Waals surface area contributed by atoms with E-state index in [9.17, 15) is 0 Å². The van der Waals surface area contributed by atoms with Crippen LogP contribution in [0.4, 0.5) is 5.13 Å². The third kappa shape index (κ3) is 4.06. The van der Waals surface area contributed by atoms with Gasteiger partial charge in [-0.2, -0.15) is 0 Å². The van der Waals surface area contributed by atoms with Gasteiger partial charge in [-0.1, -0.05) is 41.3 Å². The Morgan fingerprint density at radius 1 is 1.00 bits per heavy atom. The number of benzene rings is 1. The van der Waals surface area contributed by atoms with Crippen LogP contribution in [-0.2, 0) is 12.3 Å².